The average molecular weight is 359 g/mol. The fraction of sp³-hybridized carbons (Fsp3) is 0.647. The van der Waals surface area contributed by atoms with Gasteiger partial charge in [-0.1, -0.05) is 19.3 Å². The lowest BCUT2D eigenvalue weighted by molar-refractivity contribution is 0.226. The summed E-state index contributed by atoms with van der Waals surface area (Å²) in [5.41, 5.74) is 0.307. The van der Waals surface area contributed by atoms with E-state index in [1.807, 2.05) is 4.90 Å². The molecule has 2 fully saturated rings. The predicted octanol–water partition coefficient (Wildman–Crippen LogP) is 1.25. The lowest BCUT2D eigenvalue weighted by atomic mass is 9.96. The number of H-pyrrole nitrogens is 2. The van der Waals surface area contributed by atoms with Crippen LogP contribution in [-0.4, -0.2) is 51.4 Å². The van der Waals surface area contributed by atoms with Gasteiger partial charge in [0, 0.05) is 25.2 Å². The predicted molar refractivity (Wildman–Crippen MR) is 98.3 cm³/mol. The molecule has 4 rings (SSSR count). The summed E-state index contributed by atoms with van der Waals surface area (Å²) in [5.74, 6) is 0.553. The number of aromatic amines is 2. The van der Waals surface area contributed by atoms with Crippen molar-refractivity contribution in [1.29, 1.82) is 0 Å². The molecule has 4 N–H and O–H groups in total. The number of fused-ring (bicyclic) bond motifs is 1. The molecular weight excluding hydrogens is 334 g/mol. The van der Waals surface area contributed by atoms with E-state index in [0.717, 1.165) is 38.8 Å². The van der Waals surface area contributed by atoms with E-state index >= 15 is 0 Å². The van der Waals surface area contributed by atoms with E-state index in [2.05, 4.69) is 30.8 Å². The maximum absolute atomic E-state index is 12.2. The van der Waals surface area contributed by atoms with E-state index in [-0.39, 0.29) is 17.6 Å². The van der Waals surface area contributed by atoms with Gasteiger partial charge in [-0.2, -0.15) is 10.1 Å². The summed E-state index contributed by atoms with van der Waals surface area (Å²) in [6.45, 7) is 1.47. The van der Waals surface area contributed by atoms with E-state index < -0.39 is 0 Å². The third-order valence-electron chi connectivity index (χ3n) is 5.38. The Hall–Kier alpha value is -2.58. The number of hydrogen-bond acceptors (Lipinski definition) is 5. The highest BCUT2D eigenvalue weighted by atomic mass is 16.2. The lowest BCUT2D eigenvalue weighted by Crippen LogP contribution is -2.50. The summed E-state index contributed by atoms with van der Waals surface area (Å²) in [5, 5.41) is 13.3. The van der Waals surface area contributed by atoms with Crippen molar-refractivity contribution in [2.75, 3.05) is 18.0 Å². The molecule has 3 heterocycles. The van der Waals surface area contributed by atoms with Gasteiger partial charge in [0.05, 0.1) is 6.20 Å². The number of nitrogens with zero attached hydrogens (tertiary/aromatic N) is 3. The molecular formula is C17H25N7O2. The molecule has 0 radical (unpaired) electrons. The molecule has 0 bridgehead atoms. The first-order chi connectivity index (χ1) is 12.7. The normalized spacial score (nSPS) is 19.6. The van der Waals surface area contributed by atoms with Crippen LogP contribution in [-0.2, 0) is 0 Å². The van der Waals surface area contributed by atoms with Crippen LogP contribution in [0.2, 0.25) is 0 Å². The molecule has 1 aliphatic carbocycles. The highest BCUT2D eigenvalue weighted by Crippen LogP contribution is 2.18. The Labute approximate surface area is 150 Å². The monoisotopic (exact) mass is 359 g/mol. The molecule has 0 spiro atoms. The van der Waals surface area contributed by atoms with E-state index in [9.17, 15) is 9.59 Å². The van der Waals surface area contributed by atoms with Crippen molar-refractivity contribution < 1.29 is 4.79 Å². The third-order valence-corrected chi connectivity index (χ3v) is 5.38. The van der Waals surface area contributed by atoms with Crippen LogP contribution in [0.4, 0.5) is 10.7 Å². The van der Waals surface area contributed by atoms with Crippen LogP contribution >= 0.6 is 0 Å². The summed E-state index contributed by atoms with van der Waals surface area (Å²) in [4.78, 5) is 33.5. The fourth-order valence-corrected chi connectivity index (χ4v) is 3.88. The van der Waals surface area contributed by atoms with Gasteiger partial charge in [0.15, 0.2) is 5.65 Å². The molecule has 26 heavy (non-hydrogen) atoms. The molecule has 140 valence electrons. The second-order valence-electron chi connectivity index (χ2n) is 7.24. The van der Waals surface area contributed by atoms with Crippen molar-refractivity contribution in [1.82, 2.24) is 30.8 Å². The van der Waals surface area contributed by atoms with Crippen LogP contribution < -0.4 is 21.1 Å². The Morgan fingerprint density at radius 2 is 1.77 bits per heavy atom. The Kier molecular flexibility index (Phi) is 4.77. The number of nitrogens with one attached hydrogen (secondary N) is 4. The van der Waals surface area contributed by atoms with E-state index in [0.29, 0.717) is 23.0 Å². The average Bonchev–Trinajstić information content (AvgIpc) is 3.12. The minimum absolute atomic E-state index is 0.0549. The van der Waals surface area contributed by atoms with Gasteiger partial charge in [-0.25, -0.2) is 4.79 Å². The zero-order valence-electron chi connectivity index (χ0n) is 14.8. The number of carbonyl (C=O) groups is 1. The van der Waals surface area contributed by atoms with Gasteiger partial charge in [-0.05, 0) is 25.7 Å². The Bertz CT molecular complexity index is 816. The zero-order chi connectivity index (χ0) is 17.9. The van der Waals surface area contributed by atoms with Crippen LogP contribution in [0, 0.1) is 0 Å². The highest BCUT2D eigenvalue weighted by Gasteiger charge is 2.24. The molecule has 9 heteroatoms. The largest absolute Gasteiger partial charge is 0.342 e. The Balaban J connectivity index is 1.30. The van der Waals surface area contributed by atoms with Gasteiger partial charge in [0.25, 0.3) is 5.56 Å². The second-order valence-corrected chi connectivity index (χ2v) is 7.24. The number of anilines is 1. The maximum Gasteiger partial charge on any atom is 0.315 e. The lowest BCUT2D eigenvalue weighted by Gasteiger charge is -2.33. The van der Waals surface area contributed by atoms with Crippen LogP contribution in [0.3, 0.4) is 0 Å². The quantitative estimate of drug-likeness (QED) is 0.658. The van der Waals surface area contributed by atoms with Crippen LogP contribution in [0.5, 0.6) is 0 Å². The van der Waals surface area contributed by atoms with E-state index in [1.165, 1.54) is 25.5 Å². The van der Waals surface area contributed by atoms with Gasteiger partial charge in [-0.3, -0.25) is 14.9 Å². The van der Waals surface area contributed by atoms with Gasteiger partial charge in [0.1, 0.15) is 5.39 Å². The van der Waals surface area contributed by atoms with Crippen LogP contribution in [0.15, 0.2) is 11.0 Å². The standard InChI is InChI=1S/C17H25N7O2/c25-15-13-10-18-23-14(13)21-16(22-15)24-8-6-12(7-9-24)20-17(26)19-11-4-2-1-3-5-11/h10-12H,1-9H2,(H2,19,20,26)(H2,18,21,22,23,25). The molecule has 0 unspecified atom stereocenters. The van der Waals surface area contributed by atoms with Gasteiger partial charge >= 0.3 is 6.03 Å². The summed E-state index contributed by atoms with van der Waals surface area (Å²) < 4.78 is 0. The molecule has 2 aromatic heterocycles. The molecule has 2 aromatic rings. The zero-order valence-corrected chi connectivity index (χ0v) is 14.8. The molecule has 1 aliphatic heterocycles. The van der Waals surface area contributed by atoms with Gasteiger partial charge in [0.2, 0.25) is 5.95 Å². The summed E-state index contributed by atoms with van der Waals surface area (Å²) >= 11 is 0. The van der Waals surface area contributed by atoms with Crippen LogP contribution in [0.25, 0.3) is 11.0 Å². The number of piperidine rings is 1. The molecule has 1 saturated heterocycles. The molecule has 9 nitrogen and oxygen atoms in total. The highest BCUT2D eigenvalue weighted by molar-refractivity contribution is 5.75. The van der Waals surface area contributed by atoms with Crippen molar-refractivity contribution in [3.8, 4) is 0 Å². The molecule has 0 atom stereocenters. The van der Waals surface area contributed by atoms with E-state index in [1.54, 1.807) is 0 Å². The van der Waals surface area contributed by atoms with Crippen molar-refractivity contribution in [3.63, 3.8) is 0 Å². The van der Waals surface area contributed by atoms with Crippen LogP contribution in [0.1, 0.15) is 44.9 Å². The Morgan fingerprint density at radius 3 is 2.50 bits per heavy atom. The minimum atomic E-state index is -0.189. The fourth-order valence-electron chi connectivity index (χ4n) is 3.88. The first-order valence-corrected chi connectivity index (χ1v) is 9.44. The number of aromatic nitrogens is 4. The number of amides is 2. The minimum Gasteiger partial charge on any atom is -0.342 e. The van der Waals surface area contributed by atoms with Crippen molar-refractivity contribution in [2.45, 2.75) is 57.0 Å². The Morgan fingerprint density at radius 1 is 1.08 bits per heavy atom. The molecule has 2 amide bonds. The van der Waals surface area contributed by atoms with Crippen molar-refractivity contribution in [2.24, 2.45) is 0 Å². The topological polar surface area (TPSA) is 119 Å². The smallest absolute Gasteiger partial charge is 0.315 e. The van der Waals surface area contributed by atoms with Crippen molar-refractivity contribution >= 4 is 23.0 Å². The third kappa shape index (κ3) is 3.66. The maximum atomic E-state index is 12.2. The number of urea groups is 1. The van der Waals surface area contributed by atoms with Gasteiger partial charge in [-0.15, -0.1) is 0 Å². The number of rotatable bonds is 3. The number of carbonyl (C=O) groups excluding carboxylic acids is 1. The summed E-state index contributed by atoms with van der Waals surface area (Å²) in [7, 11) is 0. The van der Waals surface area contributed by atoms with E-state index in [4.69, 9.17) is 0 Å². The first kappa shape index (κ1) is 16.9. The second kappa shape index (κ2) is 7.35. The van der Waals surface area contributed by atoms with Gasteiger partial charge < -0.3 is 15.5 Å². The summed E-state index contributed by atoms with van der Waals surface area (Å²) in [6, 6.07) is 0.414. The molecule has 1 saturated carbocycles. The molecule has 0 aromatic carbocycles. The SMILES string of the molecule is O=C(NC1CCCCC1)NC1CCN(c2nc3[nH]ncc3c(=O)[nH]2)CC1. The summed E-state index contributed by atoms with van der Waals surface area (Å²) in [6.07, 6.45) is 8.97. The molecule has 2 aliphatic rings. The number of hydrogen-bond donors (Lipinski definition) is 4. The first-order valence-electron chi connectivity index (χ1n) is 9.44. The van der Waals surface area contributed by atoms with Crippen molar-refractivity contribution in [3.05, 3.63) is 16.6 Å².